The molecule has 2 N–H and O–H groups in total. The summed E-state index contributed by atoms with van der Waals surface area (Å²) in [5, 5.41) is 18.5. The van der Waals surface area contributed by atoms with Gasteiger partial charge in [0.2, 0.25) is 0 Å². The number of fused-ring (bicyclic) bond motifs is 2. The van der Waals surface area contributed by atoms with E-state index in [2.05, 4.69) is 25.2 Å². The Morgan fingerprint density at radius 3 is 2.87 bits per heavy atom. The largest absolute Gasteiger partial charge is 0.481 e. The molecule has 2 rings (SSSR count). The Labute approximate surface area is 143 Å². The maximum absolute atomic E-state index is 10.5. The summed E-state index contributed by atoms with van der Waals surface area (Å²) in [5.41, 5.74) is 0. The maximum atomic E-state index is 10.5. The Hall–Kier alpha value is -0.780. The Balaban J connectivity index is 1.81. The molecule has 0 saturated carbocycles. The fourth-order valence-corrected chi connectivity index (χ4v) is 4.14. The number of hydrogen-bond acceptors (Lipinski definition) is 4. The highest BCUT2D eigenvalue weighted by atomic mass is 32.2. The average Bonchev–Trinajstić information content (AvgIpc) is 3.10. The topological polar surface area (TPSA) is 66.8 Å². The van der Waals surface area contributed by atoms with Crippen molar-refractivity contribution >= 4 is 17.7 Å². The molecule has 2 bridgehead atoms. The van der Waals surface area contributed by atoms with Crippen LogP contribution >= 0.6 is 11.8 Å². The van der Waals surface area contributed by atoms with Gasteiger partial charge in [-0.2, -0.15) is 0 Å². The van der Waals surface area contributed by atoms with E-state index in [0.717, 1.165) is 37.9 Å². The zero-order valence-corrected chi connectivity index (χ0v) is 14.6. The second-order valence-corrected chi connectivity index (χ2v) is 7.42. The molecule has 0 amide bonds. The summed E-state index contributed by atoms with van der Waals surface area (Å²) in [6.07, 6.45) is 13.7. The Morgan fingerprint density at radius 2 is 2.13 bits per heavy atom. The van der Waals surface area contributed by atoms with Crippen molar-refractivity contribution in [2.75, 3.05) is 11.5 Å². The number of allylic oxidation sites excluding steroid dienone is 1. The lowest BCUT2D eigenvalue weighted by Crippen LogP contribution is -2.25. The molecule has 0 aliphatic carbocycles. The zero-order valence-electron chi connectivity index (χ0n) is 13.8. The molecular formula is C18H28O4S. The average molecular weight is 340 g/mol. The van der Waals surface area contributed by atoms with E-state index in [4.69, 9.17) is 9.84 Å². The zero-order chi connectivity index (χ0) is 16.7. The minimum absolute atomic E-state index is 0.155. The van der Waals surface area contributed by atoms with Crippen LogP contribution in [0.4, 0.5) is 0 Å². The van der Waals surface area contributed by atoms with Gasteiger partial charge in [-0.3, -0.25) is 4.79 Å². The van der Waals surface area contributed by atoms with Gasteiger partial charge >= 0.3 is 5.97 Å². The molecule has 0 aromatic rings. The number of carboxylic acids is 1. The van der Waals surface area contributed by atoms with Gasteiger partial charge in [-0.25, -0.2) is 0 Å². The van der Waals surface area contributed by atoms with E-state index >= 15 is 0 Å². The molecule has 1 unspecified atom stereocenters. The number of carboxylic acid groups (broad SMARTS) is 1. The van der Waals surface area contributed by atoms with E-state index in [1.807, 2.05) is 6.08 Å². The number of hydrogen-bond donors (Lipinski definition) is 2. The molecule has 4 nitrogen and oxygen atoms in total. The number of aliphatic hydroxyl groups is 1. The maximum Gasteiger partial charge on any atom is 0.313 e. The summed E-state index contributed by atoms with van der Waals surface area (Å²) >= 11 is 1.41. The molecule has 0 spiro atoms. The van der Waals surface area contributed by atoms with E-state index in [1.165, 1.54) is 11.8 Å². The van der Waals surface area contributed by atoms with E-state index in [9.17, 15) is 9.90 Å². The van der Waals surface area contributed by atoms with E-state index in [0.29, 0.717) is 24.0 Å². The molecule has 130 valence electrons. The highest BCUT2D eigenvalue weighted by Crippen LogP contribution is 2.45. The minimum atomic E-state index is -0.763. The molecule has 2 saturated heterocycles. The first-order chi connectivity index (χ1) is 11.1. The lowest BCUT2D eigenvalue weighted by Gasteiger charge is -2.24. The van der Waals surface area contributed by atoms with E-state index < -0.39 is 5.97 Å². The van der Waals surface area contributed by atoms with Gasteiger partial charge in [0.05, 0.1) is 24.1 Å². The van der Waals surface area contributed by atoms with Crippen LogP contribution in [0.1, 0.15) is 39.0 Å². The predicted octanol–water partition coefficient (Wildman–Crippen LogP) is 3.26. The molecule has 5 atom stereocenters. The number of thioether (sulfide) groups is 1. The molecule has 2 aliphatic rings. The van der Waals surface area contributed by atoms with Gasteiger partial charge in [-0.05, 0) is 31.6 Å². The van der Waals surface area contributed by atoms with Gasteiger partial charge in [0, 0.05) is 11.7 Å². The van der Waals surface area contributed by atoms with Gasteiger partial charge < -0.3 is 14.9 Å². The van der Waals surface area contributed by atoms with Gasteiger partial charge in [0.25, 0.3) is 0 Å². The number of aliphatic hydroxyl groups excluding tert-OH is 1. The molecule has 2 heterocycles. The lowest BCUT2D eigenvalue weighted by atomic mass is 9.77. The van der Waals surface area contributed by atoms with Crippen LogP contribution in [0.2, 0.25) is 0 Å². The van der Waals surface area contributed by atoms with Crippen molar-refractivity contribution in [2.24, 2.45) is 11.8 Å². The number of aliphatic carboxylic acids is 1. The minimum Gasteiger partial charge on any atom is -0.481 e. The third-order valence-corrected chi connectivity index (χ3v) is 5.52. The van der Waals surface area contributed by atoms with E-state index in [1.54, 1.807) is 0 Å². The standard InChI is InChI=1S/C18H28O4S/c1-2-5-13(19)7-8-15-14(16-9-10-17(15)22-16)6-3-4-11-23-12-18(20)21/h3-4,7-8,13-17,19H,2,5-6,9-12H2,1H3,(H,20,21)/b4-3-,8-7+/t13?,14-,15+,16-,17+/m0/s1. The molecule has 0 aromatic heterocycles. The third-order valence-electron chi connectivity index (χ3n) is 4.64. The van der Waals surface area contributed by atoms with Crippen molar-refractivity contribution in [3.8, 4) is 0 Å². The van der Waals surface area contributed by atoms with E-state index in [-0.39, 0.29) is 11.9 Å². The van der Waals surface area contributed by atoms with Crippen LogP contribution in [-0.2, 0) is 9.53 Å². The highest BCUT2D eigenvalue weighted by Gasteiger charge is 2.46. The third kappa shape index (κ3) is 5.66. The summed E-state index contributed by atoms with van der Waals surface area (Å²) in [4.78, 5) is 10.5. The fourth-order valence-electron chi connectivity index (χ4n) is 3.57. The lowest BCUT2D eigenvalue weighted by molar-refractivity contribution is -0.133. The molecule has 2 aliphatic heterocycles. The second kappa shape index (κ2) is 9.50. The van der Waals surface area contributed by atoms with Crippen molar-refractivity contribution in [2.45, 2.75) is 57.3 Å². The quantitative estimate of drug-likeness (QED) is 0.472. The van der Waals surface area contributed by atoms with Gasteiger partial charge in [0.1, 0.15) is 0 Å². The van der Waals surface area contributed by atoms with Crippen molar-refractivity contribution in [3.05, 3.63) is 24.3 Å². The molecule has 5 heteroatoms. The summed E-state index contributed by atoms with van der Waals surface area (Å²) in [6.45, 7) is 2.08. The first-order valence-corrected chi connectivity index (χ1v) is 9.73. The van der Waals surface area contributed by atoms with Crippen LogP contribution in [0.5, 0.6) is 0 Å². The molecule has 0 radical (unpaired) electrons. The van der Waals surface area contributed by atoms with Crippen molar-refractivity contribution < 1.29 is 19.7 Å². The number of rotatable bonds is 10. The number of carbonyl (C=O) groups is 1. The van der Waals surface area contributed by atoms with Crippen LogP contribution in [-0.4, -0.2) is 46.0 Å². The molecular weight excluding hydrogens is 312 g/mol. The molecule has 2 fully saturated rings. The molecule has 23 heavy (non-hydrogen) atoms. The van der Waals surface area contributed by atoms with Crippen LogP contribution in [0.25, 0.3) is 0 Å². The molecule has 0 aromatic carbocycles. The summed E-state index contributed by atoms with van der Waals surface area (Å²) < 4.78 is 6.05. The van der Waals surface area contributed by atoms with Gasteiger partial charge in [-0.1, -0.05) is 37.6 Å². The number of ether oxygens (including phenoxy) is 1. The van der Waals surface area contributed by atoms with Crippen molar-refractivity contribution in [3.63, 3.8) is 0 Å². The van der Waals surface area contributed by atoms with Crippen LogP contribution < -0.4 is 0 Å². The highest BCUT2D eigenvalue weighted by molar-refractivity contribution is 8.00. The SMILES string of the molecule is CCCC(O)/C=C/[C@@H]1[C@H](C/C=C\CSCC(=O)O)[C@@H]2CC[C@H]1O2. The van der Waals surface area contributed by atoms with Crippen LogP contribution in [0.15, 0.2) is 24.3 Å². The first-order valence-electron chi connectivity index (χ1n) is 8.58. The predicted molar refractivity (Wildman–Crippen MR) is 93.6 cm³/mol. The van der Waals surface area contributed by atoms with Crippen molar-refractivity contribution in [1.29, 1.82) is 0 Å². The smallest absolute Gasteiger partial charge is 0.313 e. The van der Waals surface area contributed by atoms with Crippen molar-refractivity contribution in [1.82, 2.24) is 0 Å². The Bertz CT molecular complexity index is 435. The Kier molecular flexibility index (Phi) is 7.66. The van der Waals surface area contributed by atoms with Crippen LogP contribution in [0, 0.1) is 11.8 Å². The first kappa shape index (κ1) is 18.6. The summed E-state index contributed by atoms with van der Waals surface area (Å²) in [7, 11) is 0. The summed E-state index contributed by atoms with van der Waals surface area (Å²) in [6, 6.07) is 0. The Morgan fingerprint density at radius 1 is 1.35 bits per heavy atom. The summed E-state index contributed by atoms with van der Waals surface area (Å²) in [5.74, 6) is 1.02. The second-order valence-electron chi connectivity index (χ2n) is 6.39. The fraction of sp³-hybridized carbons (Fsp3) is 0.722. The monoisotopic (exact) mass is 340 g/mol. The van der Waals surface area contributed by atoms with Crippen LogP contribution in [0.3, 0.4) is 0 Å². The van der Waals surface area contributed by atoms with Gasteiger partial charge in [-0.15, -0.1) is 11.8 Å². The normalized spacial score (nSPS) is 31.4. The van der Waals surface area contributed by atoms with Gasteiger partial charge in [0.15, 0.2) is 0 Å².